The highest BCUT2D eigenvalue weighted by Crippen LogP contribution is 2.29. The molecule has 2 rings (SSSR count). The van der Waals surface area contributed by atoms with Gasteiger partial charge < -0.3 is 4.90 Å². The predicted octanol–water partition coefficient (Wildman–Crippen LogP) is 0.906. The Kier molecular flexibility index (Phi) is 2.95. The van der Waals surface area contributed by atoms with Crippen molar-refractivity contribution in [2.75, 3.05) is 6.54 Å². The van der Waals surface area contributed by atoms with Crippen molar-refractivity contribution in [1.82, 2.24) is 20.3 Å². The molecule has 1 aliphatic heterocycles. The van der Waals surface area contributed by atoms with E-state index in [1.54, 1.807) is 6.20 Å². The number of carbonyl (C=O) groups is 1. The van der Waals surface area contributed by atoms with Crippen molar-refractivity contribution in [3.05, 3.63) is 6.20 Å². The van der Waals surface area contributed by atoms with Gasteiger partial charge in [0.15, 0.2) is 0 Å². The Bertz CT molecular complexity index is 338. The van der Waals surface area contributed by atoms with Crippen LogP contribution in [0.3, 0.4) is 0 Å². The van der Waals surface area contributed by atoms with Crippen molar-refractivity contribution >= 4 is 17.7 Å². The van der Waals surface area contributed by atoms with E-state index in [1.165, 1.54) is 11.8 Å². The van der Waals surface area contributed by atoms with Gasteiger partial charge in [0.25, 0.3) is 0 Å². The number of rotatable bonds is 3. The first kappa shape index (κ1) is 10.5. The Balaban J connectivity index is 1.99. The van der Waals surface area contributed by atoms with E-state index in [-0.39, 0.29) is 11.2 Å². The summed E-state index contributed by atoms with van der Waals surface area (Å²) in [7, 11) is 0. The quantitative estimate of drug-likeness (QED) is 0.832. The lowest BCUT2D eigenvalue weighted by molar-refractivity contribution is -0.128. The van der Waals surface area contributed by atoms with Crippen LogP contribution in [-0.2, 0) is 4.79 Å². The van der Waals surface area contributed by atoms with Crippen LogP contribution in [0.4, 0.5) is 0 Å². The van der Waals surface area contributed by atoms with E-state index in [0.717, 1.165) is 18.0 Å². The number of nitrogens with one attached hydrogen (secondary N) is 1. The number of likely N-dealkylation sites (tertiary alicyclic amines) is 1. The number of aromatic amines is 1. The molecule has 1 aromatic rings. The number of hydrogen-bond acceptors (Lipinski definition) is 4. The van der Waals surface area contributed by atoms with E-state index >= 15 is 0 Å². The minimum Gasteiger partial charge on any atom is -0.339 e. The Labute approximate surface area is 92.6 Å². The highest BCUT2D eigenvalue weighted by Gasteiger charge is 2.33. The van der Waals surface area contributed by atoms with Crippen molar-refractivity contribution in [3.8, 4) is 0 Å². The molecule has 15 heavy (non-hydrogen) atoms. The fourth-order valence-electron chi connectivity index (χ4n) is 1.69. The second kappa shape index (κ2) is 4.22. The Morgan fingerprint density at radius 2 is 2.47 bits per heavy atom. The molecule has 1 saturated heterocycles. The highest BCUT2D eigenvalue weighted by atomic mass is 32.2. The van der Waals surface area contributed by atoms with Crippen LogP contribution < -0.4 is 0 Å². The summed E-state index contributed by atoms with van der Waals surface area (Å²) in [6.07, 6.45) is 2.55. The van der Waals surface area contributed by atoms with E-state index in [2.05, 4.69) is 15.4 Å². The van der Waals surface area contributed by atoms with Gasteiger partial charge in [0.2, 0.25) is 5.91 Å². The van der Waals surface area contributed by atoms with Crippen LogP contribution in [-0.4, -0.2) is 44.1 Å². The molecule has 82 valence electrons. The largest absolute Gasteiger partial charge is 0.339 e. The fourth-order valence-corrected chi connectivity index (χ4v) is 2.65. The molecule has 6 heteroatoms. The number of H-pyrrole nitrogens is 1. The molecule has 2 heterocycles. The second-order valence-corrected chi connectivity index (χ2v) is 5.05. The number of amides is 1. The molecule has 1 N–H and O–H groups in total. The molecular weight excluding hydrogens is 212 g/mol. The maximum Gasteiger partial charge on any atom is 0.236 e. The topological polar surface area (TPSA) is 61.9 Å². The van der Waals surface area contributed by atoms with Gasteiger partial charge in [-0.05, 0) is 20.3 Å². The normalized spacial score (nSPS) is 21.7. The van der Waals surface area contributed by atoms with Crippen molar-refractivity contribution in [2.24, 2.45) is 0 Å². The Morgan fingerprint density at radius 1 is 1.67 bits per heavy atom. The molecular formula is C9H14N4OS. The number of thioether (sulfide) groups is 1. The lowest BCUT2D eigenvalue weighted by Gasteiger charge is -2.20. The molecule has 0 spiro atoms. The highest BCUT2D eigenvalue weighted by molar-refractivity contribution is 8.00. The second-order valence-electron chi connectivity index (χ2n) is 3.83. The number of aromatic nitrogens is 3. The summed E-state index contributed by atoms with van der Waals surface area (Å²) in [5.41, 5.74) is 0. The van der Waals surface area contributed by atoms with E-state index in [4.69, 9.17) is 0 Å². The molecule has 1 aromatic heterocycles. The molecule has 0 aromatic carbocycles. The van der Waals surface area contributed by atoms with E-state index in [0.29, 0.717) is 6.04 Å². The minimum absolute atomic E-state index is 0.0116. The zero-order chi connectivity index (χ0) is 10.8. The Morgan fingerprint density at radius 3 is 3.00 bits per heavy atom. The smallest absolute Gasteiger partial charge is 0.236 e. The summed E-state index contributed by atoms with van der Waals surface area (Å²) in [5.74, 6) is 0.220. The van der Waals surface area contributed by atoms with Crippen LogP contribution in [0.5, 0.6) is 0 Å². The van der Waals surface area contributed by atoms with Gasteiger partial charge >= 0.3 is 0 Å². The summed E-state index contributed by atoms with van der Waals surface area (Å²) in [6.45, 7) is 4.94. The molecule has 0 aliphatic carbocycles. The fraction of sp³-hybridized carbons (Fsp3) is 0.667. The lowest BCUT2D eigenvalue weighted by Crippen LogP contribution is -2.34. The van der Waals surface area contributed by atoms with Crippen molar-refractivity contribution in [3.63, 3.8) is 0 Å². The lowest BCUT2D eigenvalue weighted by atomic mass is 10.3. The molecule has 1 fully saturated rings. The van der Waals surface area contributed by atoms with Crippen LogP contribution in [0.15, 0.2) is 11.2 Å². The van der Waals surface area contributed by atoms with Gasteiger partial charge in [-0.3, -0.25) is 4.79 Å². The van der Waals surface area contributed by atoms with Gasteiger partial charge in [-0.2, -0.15) is 10.3 Å². The van der Waals surface area contributed by atoms with Crippen molar-refractivity contribution in [2.45, 2.75) is 36.6 Å². The van der Waals surface area contributed by atoms with Gasteiger partial charge in [0.1, 0.15) is 5.03 Å². The monoisotopic (exact) mass is 226 g/mol. The van der Waals surface area contributed by atoms with Crippen LogP contribution in [0.1, 0.15) is 20.3 Å². The van der Waals surface area contributed by atoms with Gasteiger partial charge in [-0.25, -0.2) is 0 Å². The van der Waals surface area contributed by atoms with Crippen LogP contribution in [0.2, 0.25) is 0 Å². The van der Waals surface area contributed by atoms with Gasteiger partial charge in [-0.15, -0.1) is 5.10 Å². The summed E-state index contributed by atoms with van der Waals surface area (Å²) < 4.78 is 0. The van der Waals surface area contributed by atoms with Crippen LogP contribution in [0, 0.1) is 0 Å². The molecule has 1 amide bonds. The van der Waals surface area contributed by atoms with Gasteiger partial charge in [-0.1, -0.05) is 11.8 Å². The third-order valence-electron chi connectivity index (χ3n) is 2.47. The predicted molar refractivity (Wildman–Crippen MR) is 57.5 cm³/mol. The molecule has 0 radical (unpaired) electrons. The molecule has 1 aliphatic rings. The average molecular weight is 226 g/mol. The Hall–Kier alpha value is -1.04. The summed E-state index contributed by atoms with van der Waals surface area (Å²) in [5, 5.41) is 11.0. The van der Waals surface area contributed by atoms with Crippen LogP contribution in [0.25, 0.3) is 0 Å². The zero-order valence-corrected chi connectivity index (χ0v) is 9.62. The molecule has 5 nitrogen and oxygen atoms in total. The minimum atomic E-state index is 0.0116. The first-order valence-corrected chi connectivity index (χ1v) is 5.89. The standard InChI is InChI=1S/C9H14N4OS/c1-6(2)13-4-3-7(9(13)14)15-8-5-10-12-11-8/h5-7H,3-4H2,1-2H3,(H,10,11,12)/t7-/m1/s1. The number of nitrogens with zero attached hydrogens (tertiary/aromatic N) is 3. The maximum absolute atomic E-state index is 11.9. The summed E-state index contributed by atoms with van der Waals surface area (Å²) in [4.78, 5) is 13.8. The third-order valence-corrected chi connectivity index (χ3v) is 3.63. The molecule has 0 unspecified atom stereocenters. The van der Waals surface area contributed by atoms with Crippen molar-refractivity contribution in [1.29, 1.82) is 0 Å². The summed E-state index contributed by atoms with van der Waals surface area (Å²) in [6, 6.07) is 0.292. The van der Waals surface area contributed by atoms with Gasteiger partial charge in [0, 0.05) is 12.6 Å². The third kappa shape index (κ3) is 2.14. The van der Waals surface area contributed by atoms with Crippen LogP contribution >= 0.6 is 11.8 Å². The van der Waals surface area contributed by atoms with Gasteiger partial charge in [0.05, 0.1) is 11.4 Å². The molecule has 1 atom stereocenters. The summed E-state index contributed by atoms with van der Waals surface area (Å²) >= 11 is 1.49. The first-order valence-electron chi connectivity index (χ1n) is 5.01. The van der Waals surface area contributed by atoms with E-state index in [1.807, 2.05) is 18.7 Å². The van der Waals surface area contributed by atoms with Crippen molar-refractivity contribution < 1.29 is 4.79 Å². The van der Waals surface area contributed by atoms with E-state index < -0.39 is 0 Å². The SMILES string of the molecule is CC(C)N1CC[C@@H](Sc2cn[nH]n2)C1=O. The first-order chi connectivity index (χ1) is 7.18. The molecule has 0 bridgehead atoms. The number of hydrogen-bond donors (Lipinski definition) is 1. The molecule has 0 saturated carbocycles. The van der Waals surface area contributed by atoms with E-state index in [9.17, 15) is 4.79 Å². The number of carbonyl (C=O) groups excluding carboxylic acids is 1. The average Bonchev–Trinajstić information content (AvgIpc) is 2.78. The maximum atomic E-state index is 11.9. The zero-order valence-electron chi connectivity index (χ0n) is 8.80.